The van der Waals surface area contributed by atoms with Crippen molar-refractivity contribution in [2.45, 2.75) is 99.6 Å². The van der Waals surface area contributed by atoms with E-state index in [4.69, 9.17) is 4.98 Å². The van der Waals surface area contributed by atoms with Crippen molar-refractivity contribution in [1.82, 2.24) is 10.3 Å². The minimum Gasteiger partial charge on any atom is -0.313 e. The maximum atomic E-state index is 4.87. The molecule has 150 valence electrons. The fraction of sp³-hybridized carbons (Fsp3) is 0.696. The first-order chi connectivity index (χ1) is 13.3. The van der Waals surface area contributed by atoms with Crippen LogP contribution >= 0.6 is 23.1 Å². The van der Waals surface area contributed by atoms with E-state index in [2.05, 4.69) is 36.5 Å². The van der Waals surface area contributed by atoms with Crippen LogP contribution in [0.2, 0.25) is 0 Å². The van der Waals surface area contributed by atoms with Gasteiger partial charge in [-0.05, 0) is 31.4 Å². The van der Waals surface area contributed by atoms with Crippen LogP contribution in [0.25, 0.3) is 10.2 Å². The van der Waals surface area contributed by atoms with Crippen LogP contribution in [-0.4, -0.2) is 22.8 Å². The number of hydrogen-bond acceptors (Lipinski definition) is 4. The van der Waals surface area contributed by atoms with Crippen LogP contribution < -0.4 is 5.32 Å². The quantitative estimate of drug-likeness (QED) is 0.294. The minimum atomic E-state index is 0.652. The lowest BCUT2D eigenvalue weighted by molar-refractivity contribution is 0.371. The molecule has 0 saturated heterocycles. The average Bonchev–Trinajstić information content (AvgIpc) is 3.11. The van der Waals surface area contributed by atoms with Crippen LogP contribution in [0.1, 0.15) is 84.0 Å². The summed E-state index contributed by atoms with van der Waals surface area (Å²) in [4.78, 5) is 4.87. The van der Waals surface area contributed by atoms with Gasteiger partial charge in [-0.1, -0.05) is 88.6 Å². The molecule has 0 spiro atoms. The molecular weight excluding hydrogens is 368 g/mol. The number of nitrogens with one attached hydrogen (secondary N) is 1. The van der Waals surface area contributed by atoms with Crippen molar-refractivity contribution in [3.05, 3.63) is 24.3 Å². The molecule has 0 amide bonds. The van der Waals surface area contributed by atoms with E-state index in [0.717, 1.165) is 18.1 Å². The van der Waals surface area contributed by atoms with Crippen molar-refractivity contribution in [2.24, 2.45) is 0 Å². The lowest BCUT2D eigenvalue weighted by Crippen LogP contribution is -2.35. The number of rotatable bonds is 12. The zero-order valence-corrected chi connectivity index (χ0v) is 18.6. The molecule has 0 radical (unpaired) electrons. The Morgan fingerprint density at radius 2 is 1.85 bits per heavy atom. The Bertz CT molecular complexity index is 616. The Kier molecular flexibility index (Phi) is 9.46. The predicted octanol–water partition coefficient (Wildman–Crippen LogP) is 7.43. The zero-order valence-electron chi connectivity index (χ0n) is 16.9. The predicted molar refractivity (Wildman–Crippen MR) is 122 cm³/mol. The molecule has 2 nitrogen and oxygen atoms in total. The molecule has 1 aliphatic rings. The highest BCUT2D eigenvalue weighted by molar-refractivity contribution is 8.01. The lowest BCUT2D eigenvalue weighted by Gasteiger charge is -2.25. The number of aromatic nitrogens is 1. The third-order valence-electron chi connectivity index (χ3n) is 5.66. The molecular formula is C23H36N2S2. The highest BCUT2D eigenvalue weighted by Gasteiger charge is 2.18. The Morgan fingerprint density at radius 1 is 1.07 bits per heavy atom. The first-order valence-electron chi connectivity index (χ1n) is 11.1. The van der Waals surface area contributed by atoms with Gasteiger partial charge in [0.1, 0.15) is 0 Å². The van der Waals surface area contributed by atoms with Crippen molar-refractivity contribution in [2.75, 3.05) is 6.54 Å². The molecule has 27 heavy (non-hydrogen) atoms. The molecule has 0 bridgehead atoms. The molecule has 0 aliphatic heterocycles. The van der Waals surface area contributed by atoms with E-state index in [1.54, 1.807) is 0 Å². The SMILES string of the molecule is CCCCCCCCC(CNC1CCCCC1)Sc1nc2ccccc2s1. The van der Waals surface area contributed by atoms with Crippen LogP contribution in [0.4, 0.5) is 0 Å². The Hall–Kier alpha value is -0.580. The number of hydrogen-bond donors (Lipinski definition) is 1. The number of nitrogens with zero attached hydrogens (tertiary/aromatic N) is 1. The molecule has 4 heteroatoms. The maximum absolute atomic E-state index is 4.87. The van der Waals surface area contributed by atoms with Crippen LogP contribution in [0.5, 0.6) is 0 Å². The van der Waals surface area contributed by atoms with E-state index in [0.29, 0.717) is 5.25 Å². The second-order valence-corrected chi connectivity index (χ2v) is 10.6. The summed E-state index contributed by atoms with van der Waals surface area (Å²) in [5, 5.41) is 4.54. The number of para-hydroxylation sites is 1. The van der Waals surface area contributed by atoms with Gasteiger partial charge in [0.05, 0.1) is 10.2 Å². The van der Waals surface area contributed by atoms with E-state index in [9.17, 15) is 0 Å². The van der Waals surface area contributed by atoms with Gasteiger partial charge in [-0.3, -0.25) is 0 Å². The van der Waals surface area contributed by atoms with Crippen LogP contribution in [0, 0.1) is 0 Å². The second-order valence-electron chi connectivity index (χ2n) is 7.99. The monoisotopic (exact) mass is 404 g/mol. The topological polar surface area (TPSA) is 24.9 Å². The smallest absolute Gasteiger partial charge is 0.151 e. The summed E-state index contributed by atoms with van der Waals surface area (Å²) in [5.41, 5.74) is 1.16. The van der Waals surface area contributed by atoms with Crippen LogP contribution in [0.15, 0.2) is 28.6 Å². The fourth-order valence-corrected chi connectivity index (χ4v) is 6.47. The Morgan fingerprint density at radius 3 is 2.67 bits per heavy atom. The van der Waals surface area contributed by atoms with Gasteiger partial charge in [-0.15, -0.1) is 11.3 Å². The van der Waals surface area contributed by atoms with Gasteiger partial charge >= 0.3 is 0 Å². The highest BCUT2D eigenvalue weighted by atomic mass is 32.2. The van der Waals surface area contributed by atoms with Crippen LogP contribution in [0.3, 0.4) is 0 Å². The standard InChI is InChI=1S/C23H36N2S2/c1-2-3-4-5-6-10-15-20(18-24-19-13-8-7-9-14-19)26-23-25-21-16-11-12-17-22(21)27-23/h11-12,16-17,19-20,24H,2-10,13-15,18H2,1H3. The molecule has 1 aliphatic carbocycles. The molecule has 1 fully saturated rings. The largest absolute Gasteiger partial charge is 0.313 e. The first-order valence-corrected chi connectivity index (χ1v) is 12.8. The Labute approximate surface area is 173 Å². The average molecular weight is 405 g/mol. The molecule has 1 saturated carbocycles. The molecule has 1 aromatic carbocycles. The van der Waals surface area contributed by atoms with Gasteiger partial charge in [0.25, 0.3) is 0 Å². The summed E-state index contributed by atoms with van der Waals surface area (Å²) in [5.74, 6) is 0. The normalized spacial score (nSPS) is 16.8. The fourth-order valence-electron chi connectivity index (χ4n) is 4.00. The summed E-state index contributed by atoms with van der Waals surface area (Å²) < 4.78 is 2.57. The van der Waals surface area contributed by atoms with Gasteiger partial charge in [0.2, 0.25) is 0 Å². The second kappa shape index (κ2) is 12.1. The number of fused-ring (bicyclic) bond motifs is 1. The van der Waals surface area contributed by atoms with Crippen molar-refractivity contribution < 1.29 is 0 Å². The van der Waals surface area contributed by atoms with E-state index in [1.165, 1.54) is 86.1 Å². The van der Waals surface area contributed by atoms with Gasteiger partial charge in [-0.2, -0.15) is 0 Å². The number of unbranched alkanes of at least 4 members (excludes halogenated alkanes) is 5. The third kappa shape index (κ3) is 7.40. The van der Waals surface area contributed by atoms with Crippen LogP contribution in [-0.2, 0) is 0 Å². The maximum Gasteiger partial charge on any atom is 0.151 e. The number of benzene rings is 1. The van der Waals surface area contributed by atoms with E-state index >= 15 is 0 Å². The molecule has 1 unspecified atom stereocenters. The molecule has 1 atom stereocenters. The van der Waals surface area contributed by atoms with E-state index in [1.807, 2.05) is 23.1 Å². The zero-order chi connectivity index (χ0) is 18.7. The van der Waals surface area contributed by atoms with Crippen molar-refractivity contribution in [1.29, 1.82) is 0 Å². The van der Waals surface area contributed by atoms with Crippen molar-refractivity contribution in [3.63, 3.8) is 0 Å². The first kappa shape index (κ1) is 21.1. The molecule has 1 heterocycles. The summed E-state index contributed by atoms with van der Waals surface area (Å²) in [6, 6.07) is 9.29. The van der Waals surface area contributed by atoms with E-state index < -0.39 is 0 Å². The summed E-state index contributed by atoms with van der Waals surface area (Å²) in [6.07, 6.45) is 16.6. The minimum absolute atomic E-state index is 0.652. The van der Waals surface area contributed by atoms with Crippen molar-refractivity contribution in [3.8, 4) is 0 Å². The number of thiazole rings is 1. The molecule has 1 aromatic heterocycles. The molecule has 1 N–H and O–H groups in total. The van der Waals surface area contributed by atoms with Gasteiger partial charge in [0, 0.05) is 17.8 Å². The summed E-state index contributed by atoms with van der Waals surface area (Å²) in [6.45, 7) is 3.43. The third-order valence-corrected chi connectivity index (χ3v) is 8.06. The number of thioether (sulfide) groups is 1. The molecule has 2 aromatic rings. The lowest BCUT2D eigenvalue weighted by atomic mass is 9.95. The van der Waals surface area contributed by atoms with E-state index in [-0.39, 0.29) is 0 Å². The summed E-state index contributed by atoms with van der Waals surface area (Å²) in [7, 11) is 0. The highest BCUT2D eigenvalue weighted by Crippen LogP contribution is 2.33. The summed E-state index contributed by atoms with van der Waals surface area (Å²) >= 11 is 3.88. The van der Waals surface area contributed by atoms with Crippen molar-refractivity contribution >= 4 is 33.3 Å². The Balaban J connectivity index is 1.50. The van der Waals surface area contributed by atoms with Gasteiger partial charge in [0.15, 0.2) is 4.34 Å². The van der Waals surface area contributed by atoms with Gasteiger partial charge in [-0.25, -0.2) is 4.98 Å². The molecule has 3 rings (SSSR count). The van der Waals surface area contributed by atoms with Gasteiger partial charge < -0.3 is 5.32 Å².